The highest BCUT2D eigenvalue weighted by Crippen LogP contribution is 2.25. The number of aryl methyl sites for hydroxylation is 2. The normalized spacial score (nSPS) is 11.4. The van der Waals surface area contributed by atoms with Crippen LogP contribution in [0.1, 0.15) is 17.0 Å². The predicted octanol–water partition coefficient (Wildman–Crippen LogP) is 4.28. The first-order valence-electron chi connectivity index (χ1n) is 8.86. The van der Waals surface area contributed by atoms with E-state index in [1.807, 2.05) is 0 Å². The summed E-state index contributed by atoms with van der Waals surface area (Å²) in [5, 5.41) is 2.62. The molecule has 0 aliphatic heterocycles. The monoisotopic (exact) mass is 425 g/mol. The molecule has 0 saturated carbocycles. The van der Waals surface area contributed by atoms with Crippen LogP contribution in [0.2, 0.25) is 0 Å². The summed E-state index contributed by atoms with van der Waals surface area (Å²) in [5.41, 5.74) is 2.31. The molecule has 0 radical (unpaired) electrons. The Kier molecular flexibility index (Phi) is 6.22. The number of nitrogens with zero attached hydrogens (tertiary/aromatic N) is 3. The molecule has 154 valence electrons. The fraction of sp³-hybridized carbons (Fsp3) is 0.0952. The van der Waals surface area contributed by atoms with Crippen molar-refractivity contribution in [3.05, 3.63) is 88.2 Å². The summed E-state index contributed by atoms with van der Waals surface area (Å²) in [7, 11) is -4.00. The lowest BCUT2D eigenvalue weighted by atomic mass is 10.2. The van der Waals surface area contributed by atoms with E-state index in [9.17, 15) is 17.6 Å². The van der Waals surface area contributed by atoms with Gasteiger partial charge in [0, 0.05) is 17.7 Å². The van der Waals surface area contributed by atoms with Gasteiger partial charge in [-0.05, 0) is 73.3 Å². The summed E-state index contributed by atoms with van der Waals surface area (Å²) in [4.78, 5) is 20.0. The largest absolute Gasteiger partial charge is 0.363 e. The second-order valence-corrected chi connectivity index (χ2v) is 8.02. The molecule has 0 saturated heterocycles. The van der Waals surface area contributed by atoms with E-state index < -0.39 is 15.9 Å². The number of carbonyl (C=O) groups is 1. The smallest absolute Gasteiger partial charge is 0.248 e. The molecule has 30 heavy (non-hydrogen) atoms. The molecule has 2 aromatic carbocycles. The standard InChI is InChI=1S/C21H19FN4O3S/c1-14-13-15(2)24-21(23-14)26-30(28,29)19-10-8-18(9-11-19)25-20(27)12-5-16-3-6-17(22)7-4-16/h3-13H,1-2H3,(H2,23,24,25,26,27)/p-1. The predicted molar refractivity (Wildman–Crippen MR) is 112 cm³/mol. The van der Waals surface area contributed by atoms with Crippen LogP contribution in [0.5, 0.6) is 0 Å². The number of sulfonamides is 1. The van der Waals surface area contributed by atoms with Crippen molar-refractivity contribution in [3.8, 4) is 0 Å². The molecule has 0 fully saturated rings. The lowest BCUT2D eigenvalue weighted by Gasteiger charge is -2.15. The third-order valence-electron chi connectivity index (χ3n) is 3.89. The number of rotatable bonds is 6. The Morgan fingerprint density at radius 1 is 1.00 bits per heavy atom. The van der Waals surface area contributed by atoms with Crippen molar-refractivity contribution in [2.24, 2.45) is 0 Å². The maximum atomic E-state index is 12.9. The van der Waals surface area contributed by atoms with Crippen LogP contribution in [0, 0.1) is 19.7 Å². The molecule has 3 rings (SSSR count). The van der Waals surface area contributed by atoms with E-state index in [1.54, 1.807) is 32.0 Å². The maximum Gasteiger partial charge on any atom is 0.248 e. The Morgan fingerprint density at radius 2 is 1.60 bits per heavy atom. The molecule has 1 heterocycles. The molecular weight excluding hydrogens is 407 g/mol. The van der Waals surface area contributed by atoms with Crippen molar-refractivity contribution in [2.75, 3.05) is 5.32 Å². The highest BCUT2D eigenvalue weighted by Gasteiger charge is 2.12. The molecule has 9 heteroatoms. The molecule has 7 nitrogen and oxygen atoms in total. The number of benzene rings is 2. The third-order valence-corrected chi connectivity index (χ3v) is 5.16. The minimum atomic E-state index is -4.00. The number of nitrogens with one attached hydrogen (secondary N) is 1. The topological polar surface area (TPSA) is 103 Å². The quantitative estimate of drug-likeness (QED) is 0.594. The van der Waals surface area contributed by atoms with Gasteiger partial charge in [0.1, 0.15) is 5.82 Å². The highest BCUT2D eigenvalue weighted by molar-refractivity contribution is 7.94. The van der Waals surface area contributed by atoms with Crippen molar-refractivity contribution in [1.29, 1.82) is 0 Å². The van der Waals surface area contributed by atoms with Crippen molar-refractivity contribution >= 4 is 33.6 Å². The molecule has 0 unspecified atom stereocenters. The van der Waals surface area contributed by atoms with Gasteiger partial charge in [0.15, 0.2) is 0 Å². The highest BCUT2D eigenvalue weighted by atomic mass is 32.2. The van der Waals surface area contributed by atoms with Crippen LogP contribution in [-0.4, -0.2) is 24.3 Å². The van der Waals surface area contributed by atoms with E-state index in [0.717, 1.165) is 0 Å². The Morgan fingerprint density at radius 3 is 2.20 bits per heavy atom. The van der Waals surface area contributed by atoms with Crippen molar-refractivity contribution in [2.45, 2.75) is 18.7 Å². The minimum absolute atomic E-state index is 0.0508. The molecule has 0 spiro atoms. The van der Waals surface area contributed by atoms with E-state index in [2.05, 4.69) is 20.0 Å². The lowest BCUT2D eigenvalue weighted by molar-refractivity contribution is -0.111. The zero-order chi connectivity index (χ0) is 21.7. The van der Waals surface area contributed by atoms with Crippen LogP contribution in [0.4, 0.5) is 16.0 Å². The summed E-state index contributed by atoms with van der Waals surface area (Å²) < 4.78 is 41.5. The molecular formula is C21H18FN4O3S-. The van der Waals surface area contributed by atoms with Crippen molar-refractivity contribution in [1.82, 2.24) is 9.97 Å². The summed E-state index contributed by atoms with van der Waals surface area (Å²) in [6.07, 6.45) is 2.83. The van der Waals surface area contributed by atoms with Gasteiger partial charge < -0.3 is 15.3 Å². The number of hydrogen-bond donors (Lipinski definition) is 1. The van der Waals surface area contributed by atoms with E-state index in [4.69, 9.17) is 0 Å². The van der Waals surface area contributed by atoms with Gasteiger partial charge in [-0.25, -0.2) is 12.8 Å². The van der Waals surface area contributed by atoms with Gasteiger partial charge in [-0.15, -0.1) is 0 Å². The summed E-state index contributed by atoms with van der Waals surface area (Å²) in [6.45, 7) is 3.45. The summed E-state index contributed by atoms with van der Waals surface area (Å²) in [6, 6.07) is 13.0. The van der Waals surface area contributed by atoms with E-state index >= 15 is 0 Å². The van der Waals surface area contributed by atoms with E-state index in [-0.39, 0.29) is 16.7 Å². The van der Waals surface area contributed by atoms with Gasteiger partial charge in [0.2, 0.25) is 15.9 Å². The van der Waals surface area contributed by atoms with Crippen molar-refractivity contribution in [3.63, 3.8) is 0 Å². The molecule has 0 bridgehead atoms. The van der Waals surface area contributed by atoms with Gasteiger partial charge in [-0.1, -0.05) is 18.2 Å². The maximum absolute atomic E-state index is 12.9. The van der Waals surface area contributed by atoms with Gasteiger partial charge in [-0.2, -0.15) is 0 Å². The molecule has 0 atom stereocenters. The third kappa shape index (κ3) is 5.71. The number of amides is 1. The zero-order valence-electron chi connectivity index (χ0n) is 16.2. The Balaban J connectivity index is 1.66. The van der Waals surface area contributed by atoms with Gasteiger partial charge >= 0.3 is 0 Å². The van der Waals surface area contributed by atoms with Crippen LogP contribution in [0.25, 0.3) is 10.8 Å². The number of halogens is 1. The SMILES string of the molecule is Cc1cc(C)nc([N-]S(=O)(=O)c2ccc(NC(=O)C=Cc3ccc(F)cc3)cc2)n1. The average molecular weight is 425 g/mol. The number of aromatic nitrogens is 2. The average Bonchev–Trinajstić information content (AvgIpc) is 2.67. The molecule has 0 aliphatic rings. The summed E-state index contributed by atoms with van der Waals surface area (Å²) in [5.74, 6) is -0.901. The Labute approximate surface area is 173 Å². The molecule has 3 aromatic rings. The van der Waals surface area contributed by atoms with Crippen LogP contribution >= 0.6 is 0 Å². The molecule has 1 N–H and O–H groups in total. The van der Waals surface area contributed by atoms with E-state index in [0.29, 0.717) is 22.6 Å². The van der Waals surface area contributed by atoms with Crippen molar-refractivity contribution < 1.29 is 17.6 Å². The lowest BCUT2D eigenvalue weighted by Crippen LogP contribution is -2.08. The molecule has 0 aliphatic carbocycles. The van der Waals surface area contributed by atoms with Gasteiger partial charge in [0.25, 0.3) is 0 Å². The number of hydrogen-bond acceptors (Lipinski definition) is 5. The zero-order valence-corrected chi connectivity index (χ0v) is 17.0. The van der Waals surface area contributed by atoms with Gasteiger partial charge in [-0.3, -0.25) is 9.52 Å². The fourth-order valence-electron chi connectivity index (χ4n) is 2.55. The molecule has 1 aromatic heterocycles. The Hall–Kier alpha value is -3.59. The fourth-order valence-corrected chi connectivity index (χ4v) is 3.43. The van der Waals surface area contributed by atoms with Crippen LogP contribution < -0.4 is 5.32 Å². The van der Waals surface area contributed by atoms with Crippen LogP contribution in [0.15, 0.2) is 65.6 Å². The second-order valence-electron chi connectivity index (χ2n) is 6.42. The van der Waals surface area contributed by atoms with Gasteiger partial charge in [0.05, 0.1) is 4.90 Å². The first kappa shape index (κ1) is 21.1. The molecule has 1 amide bonds. The first-order valence-corrected chi connectivity index (χ1v) is 10.3. The van der Waals surface area contributed by atoms with Crippen LogP contribution in [0.3, 0.4) is 0 Å². The Bertz CT molecular complexity index is 1170. The second kappa shape index (κ2) is 8.83. The summed E-state index contributed by atoms with van der Waals surface area (Å²) >= 11 is 0. The number of carbonyl (C=O) groups excluding carboxylic acids is 1. The van der Waals surface area contributed by atoms with Crippen LogP contribution in [-0.2, 0) is 14.8 Å². The first-order chi connectivity index (χ1) is 14.2. The minimum Gasteiger partial charge on any atom is -0.363 e. The van der Waals surface area contributed by atoms with E-state index in [1.165, 1.54) is 48.6 Å². The number of anilines is 1.